The second-order valence-corrected chi connectivity index (χ2v) is 5.98. The van der Waals surface area contributed by atoms with E-state index in [0.717, 1.165) is 20.7 Å². The van der Waals surface area contributed by atoms with Crippen LogP contribution in [0.15, 0.2) is 51.8 Å². The van der Waals surface area contributed by atoms with Gasteiger partial charge in [0.15, 0.2) is 0 Å². The summed E-state index contributed by atoms with van der Waals surface area (Å²) in [7, 11) is 1.37. The third kappa shape index (κ3) is 3.77. The number of hydrogen-bond acceptors (Lipinski definition) is 4. The SMILES string of the molecule is COC(=O)c1ccc(CSc2ccc(O)cc2)c(Br)c1. The monoisotopic (exact) mass is 352 g/mol. The average molecular weight is 353 g/mol. The number of halogens is 1. The summed E-state index contributed by atoms with van der Waals surface area (Å²) in [6.45, 7) is 0. The maximum absolute atomic E-state index is 11.4. The van der Waals surface area contributed by atoms with Gasteiger partial charge in [0.1, 0.15) is 5.75 Å². The van der Waals surface area contributed by atoms with E-state index in [9.17, 15) is 9.90 Å². The van der Waals surface area contributed by atoms with Gasteiger partial charge in [0, 0.05) is 15.1 Å². The van der Waals surface area contributed by atoms with Crippen molar-refractivity contribution in [1.82, 2.24) is 0 Å². The molecule has 0 aliphatic carbocycles. The van der Waals surface area contributed by atoms with Crippen molar-refractivity contribution in [2.24, 2.45) is 0 Å². The van der Waals surface area contributed by atoms with Gasteiger partial charge in [-0.3, -0.25) is 0 Å². The molecule has 0 spiro atoms. The quantitative estimate of drug-likeness (QED) is 0.660. The molecule has 1 N–H and O–H groups in total. The molecule has 20 heavy (non-hydrogen) atoms. The summed E-state index contributed by atoms with van der Waals surface area (Å²) < 4.78 is 5.56. The van der Waals surface area contributed by atoms with E-state index < -0.39 is 0 Å². The summed E-state index contributed by atoms with van der Waals surface area (Å²) in [5.41, 5.74) is 1.62. The number of rotatable bonds is 4. The number of ether oxygens (including phenoxy) is 1. The predicted molar refractivity (Wildman–Crippen MR) is 83.1 cm³/mol. The minimum Gasteiger partial charge on any atom is -0.508 e. The summed E-state index contributed by atoms with van der Waals surface area (Å²) in [5.74, 6) is 0.689. The van der Waals surface area contributed by atoms with Crippen LogP contribution in [0.5, 0.6) is 5.75 Å². The van der Waals surface area contributed by atoms with Crippen LogP contribution < -0.4 is 0 Å². The molecule has 0 unspecified atom stereocenters. The van der Waals surface area contributed by atoms with Crippen molar-refractivity contribution in [2.75, 3.05) is 7.11 Å². The summed E-state index contributed by atoms with van der Waals surface area (Å²) in [5, 5.41) is 9.23. The van der Waals surface area contributed by atoms with E-state index in [-0.39, 0.29) is 11.7 Å². The van der Waals surface area contributed by atoms with Gasteiger partial charge in [0.2, 0.25) is 0 Å². The van der Waals surface area contributed by atoms with Crippen LogP contribution in [0.2, 0.25) is 0 Å². The predicted octanol–water partition coefficient (Wildman–Crippen LogP) is 4.23. The summed E-state index contributed by atoms with van der Waals surface area (Å²) in [6, 6.07) is 12.5. The number of carbonyl (C=O) groups excluding carboxylic acids is 1. The summed E-state index contributed by atoms with van der Waals surface area (Å²) in [4.78, 5) is 12.5. The Kier molecular flexibility index (Phi) is 5.09. The lowest BCUT2D eigenvalue weighted by Crippen LogP contribution is -2.01. The minimum atomic E-state index is -0.344. The molecule has 0 aromatic heterocycles. The normalized spacial score (nSPS) is 10.3. The van der Waals surface area contributed by atoms with E-state index >= 15 is 0 Å². The fourth-order valence-corrected chi connectivity index (χ4v) is 3.22. The van der Waals surface area contributed by atoms with E-state index in [1.807, 2.05) is 18.2 Å². The van der Waals surface area contributed by atoms with Gasteiger partial charge in [-0.2, -0.15) is 0 Å². The van der Waals surface area contributed by atoms with Gasteiger partial charge in [0.25, 0.3) is 0 Å². The molecule has 2 aromatic carbocycles. The standard InChI is InChI=1S/C15H13BrO3S/c1-19-15(18)10-2-3-11(14(16)8-10)9-20-13-6-4-12(17)5-7-13/h2-8,17H,9H2,1H3. The first-order valence-corrected chi connectivity index (χ1v) is 7.66. The Morgan fingerprint density at radius 3 is 2.55 bits per heavy atom. The molecule has 0 atom stereocenters. The topological polar surface area (TPSA) is 46.5 Å². The Morgan fingerprint density at radius 2 is 1.95 bits per heavy atom. The highest BCUT2D eigenvalue weighted by Crippen LogP contribution is 2.28. The number of phenols is 1. The van der Waals surface area contributed by atoms with Crippen molar-refractivity contribution in [3.05, 3.63) is 58.1 Å². The zero-order valence-electron chi connectivity index (χ0n) is 10.8. The summed E-state index contributed by atoms with van der Waals surface area (Å²) in [6.07, 6.45) is 0. The number of thioether (sulfide) groups is 1. The van der Waals surface area contributed by atoms with Gasteiger partial charge in [0.05, 0.1) is 12.7 Å². The van der Waals surface area contributed by atoms with E-state index in [1.54, 1.807) is 36.0 Å². The molecule has 0 saturated heterocycles. The van der Waals surface area contributed by atoms with Crippen LogP contribution in [0.4, 0.5) is 0 Å². The third-order valence-electron chi connectivity index (χ3n) is 2.71. The van der Waals surface area contributed by atoms with Crippen molar-refractivity contribution >= 4 is 33.7 Å². The Bertz CT molecular complexity index is 611. The number of aromatic hydroxyl groups is 1. The number of benzene rings is 2. The van der Waals surface area contributed by atoms with Crippen molar-refractivity contribution in [2.45, 2.75) is 10.6 Å². The highest BCUT2D eigenvalue weighted by atomic mass is 79.9. The largest absolute Gasteiger partial charge is 0.508 e. The Balaban J connectivity index is 2.06. The summed E-state index contributed by atoms with van der Waals surface area (Å²) >= 11 is 5.13. The van der Waals surface area contributed by atoms with Crippen molar-refractivity contribution < 1.29 is 14.6 Å². The fraction of sp³-hybridized carbons (Fsp3) is 0.133. The van der Waals surface area contributed by atoms with Crippen LogP contribution in [0.1, 0.15) is 15.9 Å². The maximum Gasteiger partial charge on any atom is 0.337 e. The van der Waals surface area contributed by atoms with Gasteiger partial charge < -0.3 is 9.84 Å². The van der Waals surface area contributed by atoms with E-state index in [0.29, 0.717) is 5.56 Å². The van der Waals surface area contributed by atoms with Crippen LogP contribution in [0.3, 0.4) is 0 Å². The molecule has 3 nitrogen and oxygen atoms in total. The van der Waals surface area contributed by atoms with Crippen molar-refractivity contribution in [3.8, 4) is 5.75 Å². The molecule has 2 rings (SSSR count). The first-order valence-electron chi connectivity index (χ1n) is 5.88. The zero-order valence-corrected chi connectivity index (χ0v) is 13.2. The van der Waals surface area contributed by atoms with Gasteiger partial charge >= 0.3 is 5.97 Å². The molecule has 0 aliphatic heterocycles. The number of methoxy groups -OCH3 is 1. The third-order valence-corrected chi connectivity index (χ3v) is 4.50. The molecule has 0 amide bonds. The molecule has 0 fully saturated rings. The first kappa shape index (κ1) is 14.9. The lowest BCUT2D eigenvalue weighted by molar-refractivity contribution is 0.0600. The van der Waals surface area contributed by atoms with Crippen LogP contribution >= 0.6 is 27.7 Å². The molecule has 0 bridgehead atoms. The molecule has 5 heteroatoms. The average Bonchev–Trinajstić information content (AvgIpc) is 2.46. The first-order chi connectivity index (χ1) is 9.60. The molecule has 0 heterocycles. The van der Waals surface area contributed by atoms with E-state index in [4.69, 9.17) is 0 Å². The number of carbonyl (C=O) groups is 1. The smallest absolute Gasteiger partial charge is 0.337 e. The lowest BCUT2D eigenvalue weighted by Gasteiger charge is -2.07. The van der Waals surface area contributed by atoms with Gasteiger partial charge in [-0.15, -0.1) is 11.8 Å². The van der Waals surface area contributed by atoms with Crippen molar-refractivity contribution in [3.63, 3.8) is 0 Å². The van der Waals surface area contributed by atoms with Crippen LogP contribution in [0.25, 0.3) is 0 Å². The van der Waals surface area contributed by atoms with Crippen LogP contribution in [0, 0.1) is 0 Å². The molecule has 0 saturated carbocycles. The zero-order chi connectivity index (χ0) is 14.5. The fourth-order valence-electron chi connectivity index (χ4n) is 1.61. The molecule has 104 valence electrons. The maximum atomic E-state index is 11.4. The highest BCUT2D eigenvalue weighted by molar-refractivity contribution is 9.10. The van der Waals surface area contributed by atoms with E-state index in [1.165, 1.54) is 7.11 Å². The Hall–Kier alpha value is -1.46. The van der Waals surface area contributed by atoms with Crippen LogP contribution in [-0.2, 0) is 10.5 Å². The minimum absolute atomic E-state index is 0.262. The molecule has 0 aliphatic rings. The Morgan fingerprint density at radius 1 is 1.25 bits per heavy atom. The number of phenolic OH excluding ortho intramolecular Hbond substituents is 1. The van der Waals surface area contributed by atoms with Gasteiger partial charge in [-0.1, -0.05) is 22.0 Å². The molecule has 2 aromatic rings. The lowest BCUT2D eigenvalue weighted by atomic mass is 10.1. The van der Waals surface area contributed by atoms with Gasteiger partial charge in [-0.25, -0.2) is 4.79 Å². The Labute approximate surface area is 130 Å². The highest BCUT2D eigenvalue weighted by Gasteiger charge is 2.08. The van der Waals surface area contributed by atoms with Crippen LogP contribution in [-0.4, -0.2) is 18.2 Å². The number of esters is 1. The molecule has 0 radical (unpaired) electrons. The van der Waals surface area contributed by atoms with Gasteiger partial charge in [-0.05, 0) is 42.0 Å². The van der Waals surface area contributed by atoms with E-state index in [2.05, 4.69) is 20.7 Å². The molecular formula is C15H13BrO3S. The van der Waals surface area contributed by atoms with Crippen molar-refractivity contribution in [1.29, 1.82) is 0 Å². The molecular weight excluding hydrogens is 340 g/mol. The second kappa shape index (κ2) is 6.81. The second-order valence-electron chi connectivity index (χ2n) is 4.08. The number of hydrogen-bond donors (Lipinski definition) is 1.